The van der Waals surface area contributed by atoms with Gasteiger partial charge in [0.25, 0.3) is 0 Å². The molecule has 2 aromatic rings. The van der Waals surface area contributed by atoms with E-state index in [2.05, 4.69) is 89.3 Å². The van der Waals surface area contributed by atoms with Gasteiger partial charge in [-0.25, -0.2) is 0 Å². The Kier molecular flexibility index (Phi) is 4.76. The molecule has 0 N–H and O–H groups in total. The van der Waals surface area contributed by atoms with Crippen LogP contribution < -0.4 is 0 Å². The van der Waals surface area contributed by atoms with Gasteiger partial charge in [-0.05, 0) is 39.7 Å². The Hall–Kier alpha value is -1.31. The third kappa shape index (κ3) is 3.37. The smallest absolute Gasteiger partial charge is 0.161 e. The van der Waals surface area contributed by atoms with Crippen molar-refractivity contribution in [3.8, 4) is 0 Å². The van der Waals surface area contributed by atoms with Crippen molar-refractivity contribution in [2.45, 2.75) is 58.2 Å². The van der Waals surface area contributed by atoms with Crippen molar-refractivity contribution in [2.75, 3.05) is 0 Å². The first-order valence-corrected chi connectivity index (χ1v) is 13.4. The summed E-state index contributed by atoms with van der Waals surface area (Å²) in [5.74, 6) is 0. The van der Waals surface area contributed by atoms with Crippen LogP contribution in [0.2, 0.25) is 13.1 Å². The van der Waals surface area contributed by atoms with Crippen LogP contribution in [-0.2, 0) is 5.41 Å². The zero-order valence-corrected chi connectivity index (χ0v) is 18.0. The monoisotopic (exact) mass is 368 g/mol. The average Bonchev–Trinajstić information content (AvgIpc) is 2.88. The fourth-order valence-corrected chi connectivity index (χ4v) is 7.04. The molecule has 0 nitrogen and oxygen atoms in total. The van der Waals surface area contributed by atoms with Crippen LogP contribution in [0.4, 0.5) is 0 Å². The summed E-state index contributed by atoms with van der Waals surface area (Å²) in [6.07, 6.45) is 1.05. The number of allylic oxidation sites excluding steroid dienone is 1. The second-order valence-corrected chi connectivity index (χ2v) is 15.3. The number of hydrogen-bond donors (Lipinski definition) is 0. The number of halogens is 1. The van der Waals surface area contributed by atoms with Gasteiger partial charge in [-0.1, -0.05) is 94.9 Å². The van der Waals surface area contributed by atoms with Crippen LogP contribution in [0.25, 0.3) is 5.57 Å². The van der Waals surface area contributed by atoms with Gasteiger partial charge in [-0.2, -0.15) is 11.1 Å². The van der Waals surface area contributed by atoms with Gasteiger partial charge in [0.05, 0.1) is 0 Å². The van der Waals surface area contributed by atoms with Crippen molar-refractivity contribution >= 4 is 24.0 Å². The molecular formula is C23H29ClSi. The Labute approximate surface area is 158 Å². The third-order valence-electron chi connectivity index (χ3n) is 5.32. The minimum atomic E-state index is -1.86. The molecule has 3 rings (SSSR count). The van der Waals surface area contributed by atoms with Crippen LogP contribution in [0, 0.1) is 0 Å². The molecule has 132 valence electrons. The van der Waals surface area contributed by atoms with Crippen LogP contribution >= 0.6 is 11.1 Å². The van der Waals surface area contributed by atoms with Gasteiger partial charge in [0.1, 0.15) is 0 Å². The van der Waals surface area contributed by atoms with Crippen LogP contribution in [-0.4, -0.2) is 7.38 Å². The minimum absolute atomic E-state index is 0.182. The Balaban J connectivity index is 2.19. The molecule has 0 radical (unpaired) electrons. The lowest BCUT2D eigenvalue weighted by Gasteiger charge is -2.26. The molecule has 0 aromatic heterocycles. The minimum Gasteiger partial charge on any atom is -0.167 e. The van der Waals surface area contributed by atoms with Crippen molar-refractivity contribution in [2.24, 2.45) is 0 Å². The second-order valence-electron chi connectivity index (χ2n) is 8.67. The van der Waals surface area contributed by atoms with E-state index in [0.717, 1.165) is 6.42 Å². The number of rotatable bonds is 3. The van der Waals surface area contributed by atoms with E-state index in [-0.39, 0.29) is 5.41 Å². The number of hydrogen-bond acceptors (Lipinski definition) is 0. The molecule has 2 heteroatoms. The van der Waals surface area contributed by atoms with E-state index in [1.807, 2.05) is 0 Å². The Morgan fingerprint density at radius 3 is 2.08 bits per heavy atom. The van der Waals surface area contributed by atoms with Crippen molar-refractivity contribution in [1.82, 2.24) is 0 Å². The first-order valence-electron chi connectivity index (χ1n) is 9.26. The highest BCUT2D eigenvalue weighted by Crippen LogP contribution is 2.51. The Bertz CT molecular complexity index is 801. The van der Waals surface area contributed by atoms with E-state index in [4.69, 9.17) is 11.1 Å². The first kappa shape index (κ1) is 18.5. The van der Waals surface area contributed by atoms with Gasteiger partial charge in [-0.3, -0.25) is 0 Å². The molecule has 1 atom stereocenters. The molecule has 1 aliphatic rings. The lowest BCUT2D eigenvalue weighted by Crippen LogP contribution is -2.28. The molecule has 0 saturated heterocycles. The summed E-state index contributed by atoms with van der Waals surface area (Å²) in [4.78, 5) is 0. The quantitative estimate of drug-likeness (QED) is 0.394. The standard InChI is InChI=1S/C23H29ClSi/c1-7-18-21(16-12-14-17(15-13-16)23(2,3)4)19-10-8-9-11-20(19)22(18)25(5,6)24/h8-15,22H,7H2,1-6H3. The lowest BCUT2D eigenvalue weighted by atomic mass is 9.85. The maximum absolute atomic E-state index is 6.98. The van der Waals surface area contributed by atoms with Gasteiger partial charge in [0.2, 0.25) is 0 Å². The van der Waals surface area contributed by atoms with Gasteiger partial charge in [0, 0.05) is 5.54 Å². The maximum atomic E-state index is 6.98. The predicted octanol–water partition coefficient (Wildman–Crippen LogP) is 7.28. The van der Waals surface area contributed by atoms with Gasteiger partial charge in [0.15, 0.2) is 7.38 Å². The van der Waals surface area contributed by atoms with Crippen LogP contribution in [0.15, 0.2) is 54.1 Å². The highest BCUT2D eigenvalue weighted by molar-refractivity contribution is 7.20. The molecule has 0 saturated carbocycles. The summed E-state index contributed by atoms with van der Waals surface area (Å²) in [5, 5.41) is 0. The van der Waals surface area contributed by atoms with Crippen molar-refractivity contribution in [3.63, 3.8) is 0 Å². The zero-order chi connectivity index (χ0) is 18.4. The average molecular weight is 369 g/mol. The van der Waals surface area contributed by atoms with E-state index >= 15 is 0 Å². The fraction of sp³-hybridized carbons (Fsp3) is 0.391. The number of benzene rings is 2. The summed E-state index contributed by atoms with van der Waals surface area (Å²) < 4.78 is 0. The van der Waals surface area contributed by atoms with E-state index in [1.165, 1.54) is 33.4 Å². The second kappa shape index (κ2) is 6.45. The molecule has 0 amide bonds. The predicted molar refractivity (Wildman–Crippen MR) is 114 cm³/mol. The third-order valence-corrected chi connectivity index (χ3v) is 8.00. The summed E-state index contributed by atoms with van der Waals surface area (Å²) >= 11 is 6.98. The lowest BCUT2D eigenvalue weighted by molar-refractivity contribution is 0.590. The Morgan fingerprint density at radius 2 is 1.56 bits per heavy atom. The highest BCUT2D eigenvalue weighted by atomic mass is 35.6. The van der Waals surface area contributed by atoms with Crippen molar-refractivity contribution in [3.05, 3.63) is 76.4 Å². The summed E-state index contributed by atoms with van der Waals surface area (Å²) in [5.41, 5.74) is 9.06. The summed E-state index contributed by atoms with van der Waals surface area (Å²) in [6.45, 7) is 13.6. The van der Waals surface area contributed by atoms with Crippen molar-refractivity contribution in [1.29, 1.82) is 0 Å². The van der Waals surface area contributed by atoms with Gasteiger partial charge >= 0.3 is 0 Å². The summed E-state index contributed by atoms with van der Waals surface area (Å²) in [7, 11) is -1.86. The van der Waals surface area contributed by atoms with E-state index in [0.29, 0.717) is 5.54 Å². The zero-order valence-electron chi connectivity index (χ0n) is 16.3. The Morgan fingerprint density at radius 1 is 0.960 bits per heavy atom. The molecule has 25 heavy (non-hydrogen) atoms. The molecule has 1 unspecified atom stereocenters. The molecule has 2 aromatic carbocycles. The molecule has 1 aliphatic carbocycles. The van der Waals surface area contributed by atoms with Crippen LogP contribution in [0.5, 0.6) is 0 Å². The molecular weight excluding hydrogens is 340 g/mol. The fourth-order valence-electron chi connectivity index (χ4n) is 4.12. The number of fused-ring (bicyclic) bond motifs is 1. The van der Waals surface area contributed by atoms with Crippen molar-refractivity contribution < 1.29 is 0 Å². The molecule has 0 spiro atoms. The maximum Gasteiger partial charge on any atom is 0.161 e. The molecule has 0 aliphatic heterocycles. The highest BCUT2D eigenvalue weighted by Gasteiger charge is 2.41. The van der Waals surface area contributed by atoms with Gasteiger partial charge in [-0.15, -0.1) is 0 Å². The van der Waals surface area contributed by atoms with Crippen LogP contribution in [0.3, 0.4) is 0 Å². The summed E-state index contributed by atoms with van der Waals surface area (Å²) in [6, 6.07) is 18.0. The topological polar surface area (TPSA) is 0 Å². The van der Waals surface area contributed by atoms with E-state index in [9.17, 15) is 0 Å². The molecule has 0 fully saturated rings. The van der Waals surface area contributed by atoms with E-state index in [1.54, 1.807) is 0 Å². The van der Waals surface area contributed by atoms with E-state index < -0.39 is 7.38 Å². The molecule has 0 heterocycles. The largest absolute Gasteiger partial charge is 0.167 e. The van der Waals surface area contributed by atoms with Gasteiger partial charge < -0.3 is 0 Å². The SMILES string of the molecule is CCC1=C(c2ccc(C(C)(C)C)cc2)c2ccccc2C1[Si](C)(C)Cl. The first-order chi connectivity index (χ1) is 11.6. The van der Waals surface area contributed by atoms with Crippen LogP contribution in [0.1, 0.15) is 61.9 Å². The molecule has 0 bridgehead atoms. The normalized spacial score (nSPS) is 17.8.